The Hall–Kier alpha value is -0.0400. The summed E-state index contributed by atoms with van der Waals surface area (Å²) in [5, 5.41) is 0. The third kappa shape index (κ3) is 1.26. The van der Waals surface area contributed by atoms with Crippen molar-refractivity contribution in [3.05, 3.63) is 6.10 Å². The minimum Gasteiger partial charge on any atom is -0.372 e. The molecule has 2 rings (SSSR count). The first-order valence-electron chi connectivity index (χ1n) is 3.95. The van der Waals surface area contributed by atoms with E-state index in [1.807, 2.05) is 0 Å². The number of hydrogen-bond donors (Lipinski definition) is 0. The predicted molar refractivity (Wildman–Crippen MR) is 35.8 cm³/mol. The second kappa shape index (κ2) is 2.30. The van der Waals surface area contributed by atoms with E-state index in [0.29, 0.717) is 0 Å². The fraction of sp³-hybridized carbons (Fsp3) is 0.875. The van der Waals surface area contributed by atoms with Crippen LogP contribution in [0, 0.1) is 12.0 Å². The highest BCUT2D eigenvalue weighted by molar-refractivity contribution is 4.97. The monoisotopic (exact) mass is 125 g/mol. The molecule has 1 heteroatoms. The highest BCUT2D eigenvalue weighted by Gasteiger charge is 2.33. The van der Waals surface area contributed by atoms with Crippen LogP contribution in [0.4, 0.5) is 0 Å². The van der Waals surface area contributed by atoms with E-state index in [-0.39, 0.29) is 0 Å². The Bertz CT molecular complexity index is 90.7. The lowest BCUT2D eigenvalue weighted by Crippen LogP contribution is -2.12. The van der Waals surface area contributed by atoms with Crippen LogP contribution in [-0.4, -0.2) is 6.61 Å². The fourth-order valence-electron chi connectivity index (χ4n) is 1.40. The SMILES string of the molecule is C1CC[C](C2CC2)OC1. The highest BCUT2D eigenvalue weighted by Crippen LogP contribution is 2.42. The molecule has 51 valence electrons. The van der Waals surface area contributed by atoms with E-state index in [0.717, 1.165) is 12.5 Å². The molecule has 1 aliphatic carbocycles. The molecule has 1 heterocycles. The van der Waals surface area contributed by atoms with Gasteiger partial charge in [-0.05, 0) is 38.0 Å². The van der Waals surface area contributed by atoms with E-state index in [1.165, 1.54) is 38.2 Å². The van der Waals surface area contributed by atoms with Crippen LogP contribution in [0.1, 0.15) is 32.1 Å². The molecule has 0 aromatic carbocycles. The quantitative estimate of drug-likeness (QED) is 0.521. The normalized spacial score (nSPS) is 30.7. The van der Waals surface area contributed by atoms with E-state index < -0.39 is 0 Å². The van der Waals surface area contributed by atoms with Crippen LogP contribution >= 0.6 is 0 Å². The Morgan fingerprint density at radius 2 is 2.11 bits per heavy atom. The van der Waals surface area contributed by atoms with Crippen LogP contribution < -0.4 is 0 Å². The summed E-state index contributed by atoms with van der Waals surface area (Å²) in [5.74, 6) is 0.880. The van der Waals surface area contributed by atoms with Gasteiger partial charge in [0.05, 0.1) is 0 Å². The van der Waals surface area contributed by atoms with E-state index in [2.05, 4.69) is 0 Å². The van der Waals surface area contributed by atoms with Crippen LogP contribution in [0.25, 0.3) is 0 Å². The molecule has 0 atom stereocenters. The molecule has 9 heavy (non-hydrogen) atoms. The van der Waals surface area contributed by atoms with Crippen LogP contribution in [0.3, 0.4) is 0 Å². The van der Waals surface area contributed by atoms with Crippen molar-refractivity contribution < 1.29 is 4.74 Å². The van der Waals surface area contributed by atoms with Gasteiger partial charge in [0.1, 0.15) is 6.10 Å². The lowest BCUT2D eigenvalue weighted by atomic mass is 10.1. The van der Waals surface area contributed by atoms with E-state index >= 15 is 0 Å². The minimum absolute atomic E-state index is 0.880. The second-order valence-corrected chi connectivity index (χ2v) is 3.05. The number of ether oxygens (including phenoxy) is 1. The summed E-state index contributed by atoms with van der Waals surface area (Å²) in [6.07, 6.45) is 8.11. The molecule has 1 saturated carbocycles. The molecule has 0 aromatic rings. The van der Waals surface area contributed by atoms with E-state index in [9.17, 15) is 0 Å². The van der Waals surface area contributed by atoms with Crippen LogP contribution in [-0.2, 0) is 4.74 Å². The van der Waals surface area contributed by atoms with Crippen molar-refractivity contribution in [1.82, 2.24) is 0 Å². The topological polar surface area (TPSA) is 9.23 Å². The van der Waals surface area contributed by atoms with Crippen molar-refractivity contribution in [3.8, 4) is 0 Å². The third-order valence-electron chi connectivity index (χ3n) is 2.14. The van der Waals surface area contributed by atoms with Crippen molar-refractivity contribution in [2.24, 2.45) is 5.92 Å². The summed E-state index contributed by atoms with van der Waals surface area (Å²) < 4.78 is 5.52. The zero-order valence-corrected chi connectivity index (χ0v) is 5.73. The average Bonchev–Trinajstić information content (AvgIpc) is 2.71. The van der Waals surface area contributed by atoms with Crippen molar-refractivity contribution in [2.75, 3.05) is 6.61 Å². The van der Waals surface area contributed by atoms with Crippen molar-refractivity contribution in [1.29, 1.82) is 0 Å². The third-order valence-corrected chi connectivity index (χ3v) is 2.14. The maximum absolute atomic E-state index is 5.52. The van der Waals surface area contributed by atoms with Crippen LogP contribution in [0.15, 0.2) is 0 Å². The minimum atomic E-state index is 0.880. The van der Waals surface area contributed by atoms with Gasteiger partial charge < -0.3 is 4.74 Å². The molecule has 1 nitrogen and oxygen atoms in total. The van der Waals surface area contributed by atoms with Gasteiger partial charge in [0, 0.05) is 6.61 Å². The summed E-state index contributed by atoms with van der Waals surface area (Å²) in [6.45, 7) is 0.992. The van der Waals surface area contributed by atoms with Gasteiger partial charge in [0.15, 0.2) is 0 Å². The van der Waals surface area contributed by atoms with Crippen molar-refractivity contribution in [3.63, 3.8) is 0 Å². The molecule has 0 aromatic heterocycles. The summed E-state index contributed by atoms with van der Waals surface area (Å²) in [7, 11) is 0. The van der Waals surface area contributed by atoms with Crippen molar-refractivity contribution >= 4 is 0 Å². The Kier molecular flexibility index (Phi) is 1.46. The lowest BCUT2D eigenvalue weighted by Gasteiger charge is -2.20. The standard InChI is InChI=1S/C8H13O/c1-2-6-9-8(3-1)7-4-5-7/h7H,1-6H2. The van der Waals surface area contributed by atoms with Gasteiger partial charge >= 0.3 is 0 Å². The Morgan fingerprint density at radius 1 is 1.22 bits per heavy atom. The van der Waals surface area contributed by atoms with E-state index in [4.69, 9.17) is 4.74 Å². The molecular formula is C8H13O. The second-order valence-electron chi connectivity index (χ2n) is 3.05. The molecule has 0 N–H and O–H groups in total. The molecule has 2 fully saturated rings. The summed E-state index contributed by atoms with van der Waals surface area (Å²) in [6, 6.07) is 0. The van der Waals surface area contributed by atoms with Gasteiger partial charge in [0.2, 0.25) is 0 Å². The largest absolute Gasteiger partial charge is 0.372 e. The average molecular weight is 125 g/mol. The van der Waals surface area contributed by atoms with Gasteiger partial charge in [-0.2, -0.15) is 0 Å². The fourth-order valence-corrected chi connectivity index (χ4v) is 1.40. The first-order chi connectivity index (χ1) is 4.47. The summed E-state index contributed by atoms with van der Waals surface area (Å²) in [4.78, 5) is 0. The smallest absolute Gasteiger partial charge is 0.100 e. The van der Waals surface area contributed by atoms with Gasteiger partial charge in [-0.15, -0.1) is 0 Å². The Balaban J connectivity index is 1.80. The predicted octanol–water partition coefficient (Wildman–Crippen LogP) is 2.13. The first kappa shape index (κ1) is 5.72. The number of rotatable bonds is 1. The molecule has 0 bridgehead atoms. The number of hydrogen-bond acceptors (Lipinski definition) is 1. The zero-order valence-electron chi connectivity index (χ0n) is 5.73. The molecule has 0 unspecified atom stereocenters. The Labute approximate surface area is 56.4 Å². The molecule has 1 saturated heterocycles. The summed E-state index contributed by atoms with van der Waals surface area (Å²) >= 11 is 0. The molecule has 0 amide bonds. The maximum atomic E-state index is 5.52. The highest BCUT2D eigenvalue weighted by atomic mass is 16.5. The lowest BCUT2D eigenvalue weighted by molar-refractivity contribution is 0.0859. The maximum Gasteiger partial charge on any atom is 0.100 e. The Morgan fingerprint density at radius 3 is 2.67 bits per heavy atom. The van der Waals surface area contributed by atoms with Gasteiger partial charge in [-0.25, -0.2) is 0 Å². The van der Waals surface area contributed by atoms with Crippen LogP contribution in [0.2, 0.25) is 0 Å². The van der Waals surface area contributed by atoms with Gasteiger partial charge in [-0.1, -0.05) is 0 Å². The molecule has 0 spiro atoms. The molecule has 1 aliphatic heterocycles. The van der Waals surface area contributed by atoms with Gasteiger partial charge in [-0.3, -0.25) is 0 Å². The zero-order chi connectivity index (χ0) is 6.10. The van der Waals surface area contributed by atoms with Crippen molar-refractivity contribution in [2.45, 2.75) is 32.1 Å². The molecule has 2 aliphatic rings. The van der Waals surface area contributed by atoms with Crippen LogP contribution in [0.5, 0.6) is 0 Å². The van der Waals surface area contributed by atoms with Gasteiger partial charge in [0.25, 0.3) is 0 Å². The molecule has 1 radical (unpaired) electrons. The molecular weight excluding hydrogens is 112 g/mol. The first-order valence-corrected chi connectivity index (χ1v) is 3.95. The summed E-state index contributed by atoms with van der Waals surface area (Å²) in [5.41, 5.74) is 0. The van der Waals surface area contributed by atoms with E-state index in [1.54, 1.807) is 0 Å².